The molecule has 2 atom stereocenters. The number of rotatable bonds is 0. The predicted molar refractivity (Wildman–Crippen MR) is 39.6 cm³/mol. The topological polar surface area (TPSA) is 40.5 Å². The fourth-order valence-corrected chi connectivity index (χ4v) is 1.54. The summed E-state index contributed by atoms with van der Waals surface area (Å²) in [5.74, 6) is 0. The van der Waals surface area contributed by atoms with Gasteiger partial charge in [-0.1, -0.05) is 13.8 Å². The molecule has 1 rings (SSSR count). The lowest BCUT2D eigenvalue weighted by atomic mass is 9.75. The molecule has 1 fully saturated rings. The maximum absolute atomic E-state index is 9.26. The Hall–Kier alpha value is -0.0800. The second kappa shape index (κ2) is 2.51. The van der Waals surface area contributed by atoms with Crippen LogP contribution in [0.3, 0.4) is 0 Å². The molecular formula is C8H16O2. The van der Waals surface area contributed by atoms with Crippen LogP contribution in [-0.2, 0) is 0 Å². The van der Waals surface area contributed by atoms with Crippen molar-refractivity contribution in [3.8, 4) is 0 Å². The average Bonchev–Trinajstić information content (AvgIpc) is 1.79. The van der Waals surface area contributed by atoms with Gasteiger partial charge < -0.3 is 10.2 Å². The summed E-state index contributed by atoms with van der Waals surface area (Å²) in [6, 6.07) is 0. The largest absolute Gasteiger partial charge is 0.390 e. The van der Waals surface area contributed by atoms with Crippen LogP contribution in [0.5, 0.6) is 0 Å². The van der Waals surface area contributed by atoms with Crippen molar-refractivity contribution in [3.05, 3.63) is 0 Å². The molecule has 2 N–H and O–H groups in total. The van der Waals surface area contributed by atoms with Crippen LogP contribution in [0.15, 0.2) is 0 Å². The predicted octanol–water partition coefficient (Wildman–Crippen LogP) is 0.918. The van der Waals surface area contributed by atoms with E-state index < -0.39 is 12.2 Å². The van der Waals surface area contributed by atoms with E-state index in [1.165, 1.54) is 0 Å². The molecule has 0 aromatic carbocycles. The molecule has 2 heteroatoms. The fourth-order valence-electron chi connectivity index (χ4n) is 1.54. The van der Waals surface area contributed by atoms with Crippen LogP contribution in [0.4, 0.5) is 0 Å². The van der Waals surface area contributed by atoms with E-state index in [4.69, 9.17) is 5.11 Å². The third-order valence-corrected chi connectivity index (χ3v) is 2.32. The van der Waals surface area contributed by atoms with Crippen LogP contribution in [0.1, 0.15) is 33.1 Å². The van der Waals surface area contributed by atoms with Gasteiger partial charge in [0.2, 0.25) is 0 Å². The molecule has 1 saturated carbocycles. The Morgan fingerprint density at radius 2 is 1.80 bits per heavy atom. The van der Waals surface area contributed by atoms with E-state index in [1.54, 1.807) is 0 Å². The monoisotopic (exact) mass is 144 g/mol. The van der Waals surface area contributed by atoms with E-state index >= 15 is 0 Å². The summed E-state index contributed by atoms with van der Waals surface area (Å²) in [6.07, 6.45) is 1.52. The zero-order valence-electron chi connectivity index (χ0n) is 6.67. The number of aliphatic hydroxyl groups excluding tert-OH is 2. The van der Waals surface area contributed by atoms with E-state index in [0.717, 1.165) is 19.3 Å². The Bertz CT molecular complexity index is 120. The van der Waals surface area contributed by atoms with Crippen LogP contribution >= 0.6 is 0 Å². The highest BCUT2D eigenvalue weighted by Crippen LogP contribution is 2.35. The minimum Gasteiger partial charge on any atom is -0.390 e. The fraction of sp³-hybridized carbons (Fsp3) is 1.00. The van der Waals surface area contributed by atoms with Gasteiger partial charge in [0.15, 0.2) is 0 Å². The molecule has 0 amide bonds. The van der Waals surface area contributed by atoms with Crippen molar-refractivity contribution < 1.29 is 10.2 Å². The van der Waals surface area contributed by atoms with E-state index in [0.29, 0.717) is 0 Å². The normalized spacial score (nSPS) is 39.6. The summed E-state index contributed by atoms with van der Waals surface area (Å²) in [5.41, 5.74) is 0.221. The molecule has 0 unspecified atom stereocenters. The standard InChI is InChI=1S/C8H16O2/c1-8(2)4-3-6(9)7(10)5-8/h6-7,9-10H,3-5H2,1-2H3/t6-,7+/m1/s1. The maximum atomic E-state index is 9.26. The molecule has 0 aliphatic heterocycles. The van der Waals surface area contributed by atoms with E-state index in [-0.39, 0.29) is 5.41 Å². The first-order valence-corrected chi connectivity index (χ1v) is 3.87. The molecular weight excluding hydrogens is 128 g/mol. The Labute approximate surface area is 61.9 Å². The third-order valence-electron chi connectivity index (χ3n) is 2.32. The first-order valence-electron chi connectivity index (χ1n) is 3.87. The van der Waals surface area contributed by atoms with E-state index in [9.17, 15) is 5.11 Å². The highest BCUT2D eigenvalue weighted by molar-refractivity contribution is 4.84. The molecule has 10 heavy (non-hydrogen) atoms. The van der Waals surface area contributed by atoms with Crippen molar-refractivity contribution in [2.24, 2.45) is 5.41 Å². The second-order valence-corrected chi connectivity index (χ2v) is 4.04. The van der Waals surface area contributed by atoms with Crippen molar-refractivity contribution in [3.63, 3.8) is 0 Å². The minimum atomic E-state index is -0.497. The Morgan fingerprint density at radius 3 is 2.20 bits per heavy atom. The summed E-state index contributed by atoms with van der Waals surface area (Å²) in [4.78, 5) is 0. The summed E-state index contributed by atoms with van der Waals surface area (Å²) in [7, 11) is 0. The molecule has 0 radical (unpaired) electrons. The molecule has 0 bridgehead atoms. The van der Waals surface area contributed by atoms with Gasteiger partial charge in [0, 0.05) is 0 Å². The number of hydrogen-bond acceptors (Lipinski definition) is 2. The zero-order chi connectivity index (χ0) is 7.78. The molecule has 1 aliphatic rings. The number of hydrogen-bond donors (Lipinski definition) is 2. The quantitative estimate of drug-likeness (QED) is 0.530. The molecule has 0 saturated heterocycles. The minimum absolute atomic E-state index is 0.221. The summed E-state index contributed by atoms with van der Waals surface area (Å²) < 4.78 is 0. The van der Waals surface area contributed by atoms with Gasteiger partial charge in [-0.05, 0) is 24.7 Å². The number of aliphatic hydroxyl groups is 2. The average molecular weight is 144 g/mol. The molecule has 2 nitrogen and oxygen atoms in total. The lowest BCUT2D eigenvalue weighted by Crippen LogP contribution is -2.37. The van der Waals surface area contributed by atoms with Gasteiger partial charge in [0.1, 0.15) is 0 Å². The molecule has 0 aromatic rings. The van der Waals surface area contributed by atoms with Crippen molar-refractivity contribution in [2.45, 2.75) is 45.3 Å². The summed E-state index contributed by atoms with van der Waals surface area (Å²) in [5, 5.41) is 18.4. The van der Waals surface area contributed by atoms with Crippen LogP contribution in [0.25, 0.3) is 0 Å². The SMILES string of the molecule is CC1(C)CC[C@@H](O)[C@@H](O)C1. The van der Waals surface area contributed by atoms with Gasteiger partial charge in [-0.15, -0.1) is 0 Å². The second-order valence-electron chi connectivity index (χ2n) is 4.04. The van der Waals surface area contributed by atoms with Crippen molar-refractivity contribution in [2.75, 3.05) is 0 Å². The van der Waals surface area contributed by atoms with Gasteiger partial charge in [-0.3, -0.25) is 0 Å². The molecule has 0 heterocycles. The molecule has 60 valence electrons. The van der Waals surface area contributed by atoms with Gasteiger partial charge in [0.05, 0.1) is 12.2 Å². The van der Waals surface area contributed by atoms with Gasteiger partial charge in [0.25, 0.3) is 0 Å². The highest BCUT2D eigenvalue weighted by atomic mass is 16.3. The lowest BCUT2D eigenvalue weighted by molar-refractivity contribution is -0.0444. The zero-order valence-corrected chi connectivity index (χ0v) is 6.67. The highest BCUT2D eigenvalue weighted by Gasteiger charge is 2.32. The van der Waals surface area contributed by atoms with E-state index in [2.05, 4.69) is 13.8 Å². The van der Waals surface area contributed by atoms with Crippen molar-refractivity contribution >= 4 is 0 Å². The van der Waals surface area contributed by atoms with Crippen molar-refractivity contribution in [1.29, 1.82) is 0 Å². The molecule has 0 spiro atoms. The van der Waals surface area contributed by atoms with E-state index in [1.807, 2.05) is 0 Å². The Kier molecular flexibility index (Phi) is 2.02. The Morgan fingerprint density at radius 1 is 1.20 bits per heavy atom. The maximum Gasteiger partial charge on any atom is 0.0804 e. The van der Waals surface area contributed by atoms with Gasteiger partial charge in [-0.2, -0.15) is 0 Å². The molecule has 0 aromatic heterocycles. The summed E-state index contributed by atoms with van der Waals surface area (Å²) >= 11 is 0. The lowest BCUT2D eigenvalue weighted by Gasteiger charge is -2.35. The van der Waals surface area contributed by atoms with Crippen molar-refractivity contribution in [1.82, 2.24) is 0 Å². The Balaban J connectivity index is 2.49. The first-order chi connectivity index (χ1) is 4.51. The van der Waals surface area contributed by atoms with Crippen LogP contribution < -0.4 is 0 Å². The first kappa shape index (κ1) is 8.02. The summed E-state index contributed by atoms with van der Waals surface area (Å²) in [6.45, 7) is 4.25. The third kappa shape index (κ3) is 1.70. The van der Waals surface area contributed by atoms with Crippen LogP contribution in [0.2, 0.25) is 0 Å². The molecule has 1 aliphatic carbocycles. The van der Waals surface area contributed by atoms with Crippen LogP contribution in [-0.4, -0.2) is 22.4 Å². The van der Waals surface area contributed by atoms with Crippen LogP contribution in [0, 0.1) is 5.41 Å². The smallest absolute Gasteiger partial charge is 0.0804 e. The van der Waals surface area contributed by atoms with Gasteiger partial charge >= 0.3 is 0 Å². The van der Waals surface area contributed by atoms with Gasteiger partial charge in [-0.25, -0.2) is 0 Å².